The number of rotatable bonds is 4. The number of halogens is 1. The lowest BCUT2D eigenvalue weighted by Crippen LogP contribution is -1.98. The lowest BCUT2D eigenvalue weighted by atomic mass is 10.3. The quantitative estimate of drug-likeness (QED) is 0.597. The molecule has 1 aromatic rings. The number of nitrogens with zero attached hydrogens (tertiary/aromatic N) is 1. The van der Waals surface area contributed by atoms with Gasteiger partial charge in [-0.3, -0.25) is 0 Å². The standard InChI is InChI=1S/C9H12BrNS/c1-8(6-10)7-12-9-4-2-3-5-11-9/h2-5,8H,6-7H2,1H3. The summed E-state index contributed by atoms with van der Waals surface area (Å²) in [5.41, 5.74) is 0. The Bertz CT molecular complexity index is 215. The van der Waals surface area contributed by atoms with Gasteiger partial charge in [0.1, 0.15) is 0 Å². The fourth-order valence-corrected chi connectivity index (χ4v) is 2.12. The first-order valence-electron chi connectivity index (χ1n) is 3.92. The minimum Gasteiger partial charge on any atom is -0.250 e. The van der Waals surface area contributed by atoms with Crippen LogP contribution in [0.2, 0.25) is 0 Å². The average Bonchev–Trinajstić information content (AvgIpc) is 2.16. The molecule has 0 bridgehead atoms. The molecule has 1 atom stereocenters. The Morgan fingerprint density at radius 2 is 2.42 bits per heavy atom. The van der Waals surface area contributed by atoms with Crippen molar-refractivity contribution in [3.05, 3.63) is 24.4 Å². The summed E-state index contributed by atoms with van der Waals surface area (Å²) in [6.07, 6.45) is 1.83. The van der Waals surface area contributed by atoms with E-state index in [-0.39, 0.29) is 0 Å². The molecule has 0 aromatic carbocycles. The lowest BCUT2D eigenvalue weighted by molar-refractivity contribution is 0.769. The van der Waals surface area contributed by atoms with Crippen molar-refractivity contribution in [3.8, 4) is 0 Å². The van der Waals surface area contributed by atoms with E-state index in [9.17, 15) is 0 Å². The number of aromatic nitrogens is 1. The van der Waals surface area contributed by atoms with Crippen molar-refractivity contribution in [3.63, 3.8) is 0 Å². The number of thioether (sulfide) groups is 1. The highest BCUT2D eigenvalue weighted by Crippen LogP contribution is 2.18. The van der Waals surface area contributed by atoms with Crippen LogP contribution < -0.4 is 0 Å². The first kappa shape index (κ1) is 10.1. The van der Waals surface area contributed by atoms with Gasteiger partial charge >= 0.3 is 0 Å². The maximum Gasteiger partial charge on any atom is 0.0959 e. The lowest BCUT2D eigenvalue weighted by Gasteiger charge is -2.05. The minimum absolute atomic E-state index is 0.706. The molecule has 1 nitrogen and oxygen atoms in total. The summed E-state index contributed by atoms with van der Waals surface area (Å²) in [6.45, 7) is 2.23. The second kappa shape index (κ2) is 5.60. The van der Waals surface area contributed by atoms with Gasteiger partial charge in [0, 0.05) is 17.3 Å². The number of hydrogen-bond acceptors (Lipinski definition) is 2. The average molecular weight is 246 g/mol. The number of pyridine rings is 1. The minimum atomic E-state index is 0.706. The molecule has 0 aliphatic rings. The Kier molecular flexibility index (Phi) is 4.69. The molecule has 1 rings (SSSR count). The zero-order valence-corrected chi connectivity index (χ0v) is 9.44. The topological polar surface area (TPSA) is 12.9 Å². The van der Waals surface area contributed by atoms with Crippen LogP contribution in [0.3, 0.4) is 0 Å². The van der Waals surface area contributed by atoms with E-state index in [1.807, 2.05) is 36.2 Å². The molecule has 1 aromatic heterocycles. The summed E-state index contributed by atoms with van der Waals surface area (Å²) in [4.78, 5) is 4.23. The molecule has 0 fully saturated rings. The highest BCUT2D eigenvalue weighted by molar-refractivity contribution is 9.09. The van der Waals surface area contributed by atoms with Crippen LogP contribution in [0.4, 0.5) is 0 Å². The molecule has 0 saturated heterocycles. The third-order valence-corrected chi connectivity index (χ3v) is 3.80. The molecular weight excluding hydrogens is 234 g/mol. The van der Waals surface area contributed by atoms with Crippen LogP contribution in [-0.2, 0) is 0 Å². The van der Waals surface area contributed by atoms with Crippen LogP contribution in [0.15, 0.2) is 29.4 Å². The number of alkyl halides is 1. The SMILES string of the molecule is CC(CBr)CSc1ccccn1. The molecular formula is C9H12BrNS. The highest BCUT2D eigenvalue weighted by Gasteiger charge is 2.00. The fraction of sp³-hybridized carbons (Fsp3) is 0.444. The van der Waals surface area contributed by atoms with E-state index >= 15 is 0 Å². The maximum atomic E-state index is 4.23. The molecule has 0 N–H and O–H groups in total. The molecule has 0 aliphatic carbocycles. The summed E-state index contributed by atoms with van der Waals surface area (Å²) in [6, 6.07) is 6.01. The van der Waals surface area contributed by atoms with Gasteiger partial charge in [-0.25, -0.2) is 4.98 Å². The van der Waals surface area contributed by atoms with Crippen LogP contribution >= 0.6 is 27.7 Å². The first-order chi connectivity index (χ1) is 5.83. The summed E-state index contributed by atoms with van der Waals surface area (Å²) in [5, 5.41) is 2.18. The van der Waals surface area contributed by atoms with Gasteiger partial charge < -0.3 is 0 Å². The molecule has 1 heterocycles. The van der Waals surface area contributed by atoms with Gasteiger partial charge in [-0.1, -0.05) is 28.9 Å². The Hall–Kier alpha value is -0.0200. The zero-order chi connectivity index (χ0) is 8.81. The van der Waals surface area contributed by atoms with E-state index in [4.69, 9.17) is 0 Å². The van der Waals surface area contributed by atoms with Crippen LogP contribution in [0, 0.1) is 5.92 Å². The normalized spacial score (nSPS) is 12.8. The van der Waals surface area contributed by atoms with E-state index in [2.05, 4.69) is 27.8 Å². The van der Waals surface area contributed by atoms with Crippen LogP contribution in [0.5, 0.6) is 0 Å². The smallest absolute Gasteiger partial charge is 0.0959 e. The molecule has 0 aliphatic heterocycles. The van der Waals surface area contributed by atoms with E-state index in [0.717, 1.165) is 16.1 Å². The first-order valence-corrected chi connectivity index (χ1v) is 6.03. The van der Waals surface area contributed by atoms with Crippen molar-refractivity contribution in [1.82, 2.24) is 4.98 Å². The van der Waals surface area contributed by atoms with Crippen LogP contribution in [0.1, 0.15) is 6.92 Å². The number of hydrogen-bond donors (Lipinski definition) is 0. The largest absolute Gasteiger partial charge is 0.250 e. The van der Waals surface area contributed by atoms with E-state index in [1.165, 1.54) is 0 Å². The second-order valence-electron chi connectivity index (χ2n) is 2.74. The molecule has 12 heavy (non-hydrogen) atoms. The molecule has 3 heteroatoms. The van der Waals surface area contributed by atoms with E-state index in [0.29, 0.717) is 5.92 Å². The van der Waals surface area contributed by atoms with Crippen molar-refractivity contribution >= 4 is 27.7 Å². The van der Waals surface area contributed by atoms with Crippen LogP contribution in [0.25, 0.3) is 0 Å². The summed E-state index contributed by atoms with van der Waals surface area (Å²) in [7, 11) is 0. The summed E-state index contributed by atoms with van der Waals surface area (Å²) < 4.78 is 0. The molecule has 0 amide bonds. The van der Waals surface area contributed by atoms with Gasteiger partial charge in [0.15, 0.2) is 0 Å². The van der Waals surface area contributed by atoms with Crippen molar-refractivity contribution in [2.75, 3.05) is 11.1 Å². The Morgan fingerprint density at radius 1 is 1.58 bits per heavy atom. The fourth-order valence-electron chi connectivity index (χ4n) is 0.705. The second-order valence-corrected chi connectivity index (χ2v) is 4.43. The van der Waals surface area contributed by atoms with Gasteiger partial charge in [-0.15, -0.1) is 11.8 Å². The summed E-state index contributed by atoms with van der Waals surface area (Å²) in [5.74, 6) is 1.83. The van der Waals surface area contributed by atoms with E-state index in [1.54, 1.807) is 0 Å². The Balaban J connectivity index is 2.33. The summed E-state index contributed by atoms with van der Waals surface area (Å²) >= 11 is 5.27. The molecule has 0 radical (unpaired) electrons. The maximum absolute atomic E-state index is 4.23. The monoisotopic (exact) mass is 245 g/mol. The van der Waals surface area contributed by atoms with Gasteiger partial charge in [-0.2, -0.15) is 0 Å². The Labute approximate surface area is 86.1 Å². The van der Waals surface area contributed by atoms with Gasteiger partial charge in [0.2, 0.25) is 0 Å². The van der Waals surface area contributed by atoms with Gasteiger partial charge in [0.05, 0.1) is 5.03 Å². The third-order valence-electron chi connectivity index (χ3n) is 1.42. The van der Waals surface area contributed by atoms with Crippen molar-refractivity contribution in [1.29, 1.82) is 0 Å². The van der Waals surface area contributed by atoms with Crippen LogP contribution in [-0.4, -0.2) is 16.1 Å². The molecule has 0 spiro atoms. The predicted molar refractivity (Wildman–Crippen MR) is 57.9 cm³/mol. The Morgan fingerprint density at radius 3 is 3.00 bits per heavy atom. The predicted octanol–water partition coefficient (Wildman–Crippen LogP) is 3.20. The van der Waals surface area contributed by atoms with Crippen molar-refractivity contribution < 1.29 is 0 Å². The van der Waals surface area contributed by atoms with Crippen molar-refractivity contribution in [2.24, 2.45) is 5.92 Å². The highest BCUT2D eigenvalue weighted by atomic mass is 79.9. The molecule has 66 valence electrons. The van der Waals surface area contributed by atoms with Gasteiger partial charge in [0.25, 0.3) is 0 Å². The molecule has 0 saturated carbocycles. The van der Waals surface area contributed by atoms with Crippen molar-refractivity contribution in [2.45, 2.75) is 11.9 Å². The third kappa shape index (κ3) is 3.59. The zero-order valence-electron chi connectivity index (χ0n) is 7.03. The van der Waals surface area contributed by atoms with E-state index < -0.39 is 0 Å². The van der Waals surface area contributed by atoms with Gasteiger partial charge in [-0.05, 0) is 18.1 Å². The molecule has 1 unspecified atom stereocenters.